The number of benzene rings is 2. The van der Waals surface area contributed by atoms with Gasteiger partial charge in [0.2, 0.25) is 0 Å². The lowest BCUT2D eigenvalue weighted by Crippen LogP contribution is -2.05. The standard InChI is InChI=1S/C17H19O5P/c1-20-11-8-13(19)17(15(9-11)22-3)16(23)7-10-4-5-14(21-2)12(18)6-10/h4-6,8-9,18-19,23H,7H2,1-3H3. The molecule has 5 nitrogen and oxygen atoms in total. The van der Waals surface area contributed by atoms with Crippen LogP contribution in [0.15, 0.2) is 30.3 Å². The van der Waals surface area contributed by atoms with E-state index >= 15 is 0 Å². The second-order valence-electron chi connectivity index (χ2n) is 4.89. The number of hydrogen-bond acceptors (Lipinski definition) is 5. The summed E-state index contributed by atoms with van der Waals surface area (Å²) in [5.41, 5.74) is 1.39. The molecule has 0 aliphatic carbocycles. The second-order valence-corrected chi connectivity index (χ2v) is 5.49. The minimum Gasteiger partial charge on any atom is -0.507 e. The van der Waals surface area contributed by atoms with Gasteiger partial charge in [-0.3, -0.25) is 0 Å². The summed E-state index contributed by atoms with van der Waals surface area (Å²) in [7, 11) is 8.09. The van der Waals surface area contributed by atoms with Crippen molar-refractivity contribution in [1.82, 2.24) is 0 Å². The molecule has 23 heavy (non-hydrogen) atoms. The van der Waals surface area contributed by atoms with Crippen molar-refractivity contribution in [1.29, 1.82) is 0 Å². The maximum atomic E-state index is 10.2. The normalized spacial score (nSPS) is 10.2. The first-order valence-electron chi connectivity index (χ1n) is 6.88. The van der Waals surface area contributed by atoms with Gasteiger partial charge in [-0.05, 0) is 23.0 Å². The van der Waals surface area contributed by atoms with Crippen molar-refractivity contribution < 1.29 is 24.4 Å². The van der Waals surface area contributed by atoms with Gasteiger partial charge in [0.05, 0.1) is 26.9 Å². The lowest BCUT2D eigenvalue weighted by Gasteiger charge is -2.14. The SMILES string of the molecule is COc1cc(O)c(C(=P)Cc2ccc(OC)c(O)c2)c(OC)c1. The highest BCUT2D eigenvalue weighted by atomic mass is 31.0. The Balaban J connectivity index is 2.32. The molecular formula is C17H19O5P. The van der Waals surface area contributed by atoms with Gasteiger partial charge in [0.15, 0.2) is 11.5 Å². The molecule has 0 unspecified atom stereocenters. The van der Waals surface area contributed by atoms with Crippen molar-refractivity contribution in [3.05, 3.63) is 41.5 Å². The van der Waals surface area contributed by atoms with Crippen LogP contribution in [0.1, 0.15) is 11.1 Å². The molecule has 2 N–H and O–H groups in total. The fourth-order valence-corrected chi connectivity index (χ4v) is 2.75. The van der Waals surface area contributed by atoms with E-state index in [9.17, 15) is 10.2 Å². The van der Waals surface area contributed by atoms with Crippen molar-refractivity contribution >= 4 is 14.2 Å². The van der Waals surface area contributed by atoms with Crippen LogP contribution in [0, 0.1) is 0 Å². The van der Waals surface area contributed by atoms with Gasteiger partial charge in [-0.15, -0.1) is 8.86 Å². The van der Waals surface area contributed by atoms with Crippen LogP contribution in [-0.2, 0) is 6.42 Å². The lowest BCUT2D eigenvalue weighted by atomic mass is 10.0. The Hall–Kier alpha value is -2.39. The summed E-state index contributed by atoms with van der Waals surface area (Å²) in [6.45, 7) is 0. The Kier molecular flexibility index (Phi) is 5.35. The highest BCUT2D eigenvalue weighted by Crippen LogP contribution is 2.35. The number of aromatic hydroxyl groups is 2. The Labute approximate surface area is 137 Å². The van der Waals surface area contributed by atoms with E-state index in [0.717, 1.165) is 5.56 Å². The fourth-order valence-electron chi connectivity index (χ4n) is 2.30. The molecule has 0 aliphatic heterocycles. The van der Waals surface area contributed by atoms with Gasteiger partial charge in [0.1, 0.15) is 17.2 Å². The Bertz CT molecular complexity index is 727. The predicted molar refractivity (Wildman–Crippen MR) is 92.0 cm³/mol. The first-order chi connectivity index (χ1) is 11.0. The second kappa shape index (κ2) is 7.25. The van der Waals surface area contributed by atoms with E-state index in [-0.39, 0.29) is 11.5 Å². The summed E-state index contributed by atoms with van der Waals surface area (Å²) in [4.78, 5) is 0. The van der Waals surface area contributed by atoms with Crippen molar-refractivity contribution in [2.24, 2.45) is 0 Å². The van der Waals surface area contributed by atoms with Crippen molar-refractivity contribution in [2.75, 3.05) is 21.3 Å². The first-order valence-corrected chi connectivity index (χ1v) is 7.38. The molecule has 0 fully saturated rings. The number of phenols is 2. The minimum absolute atomic E-state index is 0.0453. The van der Waals surface area contributed by atoms with Gasteiger partial charge >= 0.3 is 0 Å². The number of rotatable bonds is 6. The van der Waals surface area contributed by atoms with Gasteiger partial charge in [-0.25, -0.2) is 0 Å². The van der Waals surface area contributed by atoms with E-state index in [2.05, 4.69) is 8.86 Å². The molecule has 0 aromatic heterocycles. The van der Waals surface area contributed by atoms with Crippen LogP contribution in [0.3, 0.4) is 0 Å². The fraction of sp³-hybridized carbons (Fsp3) is 0.235. The summed E-state index contributed by atoms with van der Waals surface area (Å²) < 4.78 is 15.5. The molecule has 0 radical (unpaired) electrons. The number of ether oxygens (including phenoxy) is 3. The Morgan fingerprint density at radius 2 is 1.61 bits per heavy atom. The van der Waals surface area contributed by atoms with Gasteiger partial charge in [0.25, 0.3) is 0 Å². The molecule has 2 aromatic carbocycles. The summed E-state index contributed by atoms with van der Waals surface area (Å²) >= 11 is 0. The van der Waals surface area contributed by atoms with Crippen LogP contribution in [0.25, 0.3) is 0 Å². The molecule has 0 bridgehead atoms. The average Bonchev–Trinajstić information content (AvgIpc) is 2.53. The minimum atomic E-state index is 0.0453. The topological polar surface area (TPSA) is 68.2 Å². The molecule has 0 heterocycles. The van der Waals surface area contributed by atoms with Crippen LogP contribution in [0.2, 0.25) is 0 Å². The summed E-state index contributed by atoms with van der Waals surface area (Å²) in [5, 5.41) is 20.8. The zero-order valence-corrected chi connectivity index (χ0v) is 14.2. The van der Waals surface area contributed by atoms with Gasteiger partial charge in [-0.1, -0.05) is 6.07 Å². The smallest absolute Gasteiger partial charge is 0.160 e. The van der Waals surface area contributed by atoms with Crippen LogP contribution >= 0.6 is 8.86 Å². The molecule has 0 saturated heterocycles. The lowest BCUT2D eigenvalue weighted by molar-refractivity contribution is 0.373. The molecular weight excluding hydrogens is 315 g/mol. The maximum Gasteiger partial charge on any atom is 0.160 e. The molecule has 2 rings (SSSR count). The van der Waals surface area contributed by atoms with Gasteiger partial charge in [-0.2, -0.15) is 0 Å². The van der Waals surface area contributed by atoms with E-state index in [1.165, 1.54) is 27.4 Å². The van der Waals surface area contributed by atoms with Gasteiger partial charge < -0.3 is 24.4 Å². The average molecular weight is 334 g/mol. The molecule has 0 atom stereocenters. The highest BCUT2D eigenvalue weighted by Gasteiger charge is 2.16. The quantitative estimate of drug-likeness (QED) is 0.795. The zero-order valence-electron chi connectivity index (χ0n) is 13.2. The van der Waals surface area contributed by atoms with Crippen molar-refractivity contribution in [2.45, 2.75) is 6.42 Å². The van der Waals surface area contributed by atoms with Crippen LogP contribution in [0.4, 0.5) is 0 Å². The molecule has 2 aromatic rings. The van der Waals surface area contributed by atoms with E-state index < -0.39 is 0 Å². The summed E-state index contributed by atoms with van der Waals surface area (Å²) in [5.74, 6) is 1.52. The third-order valence-electron chi connectivity index (χ3n) is 3.44. The Morgan fingerprint density at radius 3 is 2.17 bits per heavy atom. The Morgan fingerprint density at radius 1 is 0.913 bits per heavy atom. The van der Waals surface area contributed by atoms with E-state index in [1.54, 1.807) is 18.2 Å². The maximum absolute atomic E-state index is 10.2. The van der Waals surface area contributed by atoms with Gasteiger partial charge in [0, 0.05) is 18.6 Å². The number of hydrogen-bond donors (Lipinski definition) is 2. The zero-order chi connectivity index (χ0) is 17.0. The van der Waals surface area contributed by atoms with Crippen molar-refractivity contribution in [3.8, 4) is 28.7 Å². The third kappa shape index (κ3) is 3.69. The molecule has 122 valence electrons. The predicted octanol–water partition coefficient (Wildman–Crippen LogP) is 3.03. The van der Waals surface area contributed by atoms with Crippen molar-refractivity contribution in [3.63, 3.8) is 0 Å². The molecule has 0 amide bonds. The first kappa shape index (κ1) is 17.0. The highest BCUT2D eigenvalue weighted by molar-refractivity contribution is 7.22. The molecule has 6 heteroatoms. The number of methoxy groups -OCH3 is 3. The monoisotopic (exact) mass is 334 g/mol. The third-order valence-corrected chi connectivity index (χ3v) is 3.86. The van der Waals surface area contributed by atoms with E-state index in [1.807, 2.05) is 6.07 Å². The van der Waals surface area contributed by atoms with Crippen LogP contribution in [0.5, 0.6) is 28.7 Å². The summed E-state index contributed by atoms with van der Waals surface area (Å²) in [6, 6.07) is 8.36. The van der Waals surface area contributed by atoms with Crippen LogP contribution in [-0.4, -0.2) is 36.8 Å². The van der Waals surface area contributed by atoms with Crippen LogP contribution < -0.4 is 14.2 Å². The van der Waals surface area contributed by atoms with E-state index in [4.69, 9.17) is 14.2 Å². The molecule has 0 saturated carbocycles. The largest absolute Gasteiger partial charge is 0.507 e. The molecule has 0 spiro atoms. The molecule has 0 aliphatic rings. The van der Waals surface area contributed by atoms with E-state index in [0.29, 0.717) is 34.5 Å². The number of phenolic OH excluding ortho intramolecular Hbond substituents is 2. The summed E-state index contributed by atoms with van der Waals surface area (Å²) in [6.07, 6.45) is 0.463.